The number of hydrogen-bond donors (Lipinski definition) is 0. The summed E-state index contributed by atoms with van der Waals surface area (Å²) < 4.78 is 16.1. The zero-order valence-corrected chi connectivity index (χ0v) is 7.42. The largest absolute Gasteiger partial charge is 0.379 e. The lowest BCUT2D eigenvalue weighted by Crippen LogP contribution is -2.23. The van der Waals surface area contributed by atoms with Gasteiger partial charge in [-0.2, -0.15) is 0 Å². The predicted molar refractivity (Wildman–Crippen MR) is 41.4 cm³/mol. The average Bonchev–Trinajstić information content (AvgIpc) is 2.26. The molecule has 0 aliphatic carbocycles. The number of ether oxygens (including phenoxy) is 3. The fraction of sp³-hybridized carbons (Fsp3) is 1.00. The van der Waals surface area contributed by atoms with Gasteiger partial charge in [0.25, 0.3) is 0 Å². The lowest BCUT2D eigenvalue weighted by molar-refractivity contribution is -0.144. The quantitative estimate of drug-likeness (QED) is 0.620. The fourth-order valence-electron chi connectivity index (χ4n) is 1.09. The van der Waals surface area contributed by atoms with Gasteiger partial charge < -0.3 is 14.2 Å². The summed E-state index contributed by atoms with van der Waals surface area (Å²) in [7, 11) is 0. The molecule has 0 amide bonds. The minimum absolute atomic E-state index is 0.116. The summed E-state index contributed by atoms with van der Waals surface area (Å²) >= 11 is 0. The standard InChI is InChI=1S/C8H16O3/c1-4-9-5-7-6-10-8(2,3)11-7/h7H,4-6H2,1-3H3/t7-/m1/s1. The molecule has 1 rings (SSSR count). The van der Waals surface area contributed by atoms with Gasteiger partial charge in [0, 0.05) is 6.61 Å². The van der Waals surface area contributed by atoms with E-state index in [1.165, 1.54) is 0 Å². The number of hydrogen-bond acceptors (Lipinski definition) is 3. The van der Waals surface area contributed by atoms with Crippen LogP contribution in [-0.4, -0.2) is 31.7 Å². The van der Waals surface area contributed by atoms with Crippen LogP contribution in [0.1, 0.15) is 20.8 Å². The third-order valence-electron chi connectivity index (χ3n) is 1.58. The van der Waals surface area contributed by atoms with Crippen LogP contribution in [0.3, 0.4) is 0 Å². The maximum Gasteiger partial charge on any atom is 0.163 e. The minimum atomic E-state index is -0.415. The van der Waals surface area contributed by atoms with Gasteiger partial charge in [0.1, 0.15) is 6.10 Å². The van der Waals surface area contributed by atoms with Crippen LogP contribution in [0.2, 0.25) is 0 Å². The van der Waals surface area contributed by atoms with Gasteiger partial charge in [-0.25, -0.2) is 0 Å². The Morgan fingerprint density at radius 1 is 1.55 bits per heavy atom. The molecule has 1 aliphatic rings. The molecule has 0 aromatic heterocycles. The first-order valence-corrected chi connectivity index (χ1v) is 4.03. The van der Waals surface area contributed by atoms with Gasteiger partial charge >= 0.3 is 0 Å². The van der Waals surface area contributed by atoms with Crippen molar-refractivity contribution in [3.8, 4) is 0 Å². The van der Waals surface area contributed by atoms with E-state index in [2.05, 4.69) is 0 Å². The molecule has 3 nitrogen and oxygen atoms in total. The molecular weight excluding hydrogens is 144 g/mol. The zero-order chi connectivity index (χ0) is 8.32. The van der Waals surface area contributed by atoms with Crippen LogP contribution >= 0.6 is 0 Å². The molecule has 1 atom stereocenters. The van der Waals surface area contributed by atoms with Crippen LogP contribution < -0.4 is 0 Å². The number of rotatable bonds is 3. The van der Waals surface area contributed by atoms with E-state index >= 15 is 0 Å². The van der Waals surface area contributed by atoms with Crippen molar-refractivity contribution >= 4 is 0 Å². The van der Waals surface area contributed by atoms with Gasteiger partial charge in [-0.05, 0) is 20.8 Å². The molecule has 1 fully saturated rings. The third kappa shape index (κ3) is 2.77. The van der Waals surface area contributed by atoms with Crippen molar-refractivity contribution in [1.82, 2.24) is 0 Å². The molecule has 0 N–H and O–H groups in total. The zero-order valence-electron chi connectivity index (χ0n) is 7.42. The smallest absolute Gasteiger partial charge is 0.163 e. The van der Waals surface area contributed by atoms with E-state index in [1.54, 1.807) is 0 Å². The summed E-state index contributed by atoms with van der Waals surface area (Å²) in [5.74, 6) is -0.415. The topological polar surface area (TPSA) is 27.7 Å². The highest BCUT2D eigenvalue weighted by Crippen LogP contribution is 2.21. The Labute approximate surface area is 67.6 Å². The van der Waals surface area contributed by atoms with Crippen LogP contribution in [0.25, 0.3) is 0 Å². The van der Waals surface area contributed by atoms with Crippen molar-refractivity contribution in [2.24, 2.45) is 0 Å². The van der Waals surface area contributed by atoms with Crippen LogP contribution in [0, 0.1) is 0 Å². The summed E-state index contributed by atoms with van der Waals surface area (Å²) in [6.07, 6.45) is 0.116. The Morgan fingerprint density at radius 3 is 2.73 bits per heavy atom. The van der Waals surface area contributed by atoms with E-state index in [0.29, 0.717) is 13.2 Å². The molecule has 0 bridgehead atoms. The van der Waals surface area contributed by atoms with E-state index in [0.717, 1.165) is 6.61 Å². The van der Waals surface area contributed by atoms with Gasteiger partial charge in [-0.3, -0.25) is 0 Å². The highest BCUT2D eigenvalue weighted by atomic mass is 16.7. The highest BCUT2D eigenvalue weighted by molar-refractivity contribution is 4.69. The molecule has 1 heterocycles. The van der Waals surface area contributed by atoms with Gasteiger partial charge in [0.15, 0.2) is 5.79 Å². The predicted octanol–water partition coefficient (Wildman–Crippen LogP) is 1.17. The van der Waals surface area contributed by atoms with Crippen molar-refractivity contribution in [3.63, 3.8) is 0 Å². The second kappa shape index (κ2) is 3.52. The SMILES string of the molecule is CCOC[C@@H]1COC(C)(C)O1. The Balaban J connectivity index is 2.20. The van der Waals surface area contributed by atoms with Crippen molar-refractivity contribution in [2.45, 2.75) is 32.7 Å². The molecule has 0 aromatic carbocycles. The maximum absolute atomic E-state index is 5.50. The molecule has 0 radical (unpaired) electrons. The summed E-state index contributed by atoms with van der Waals surface area (Å²) in [6.45, 7) is 7.83. The molecule has 0 unspecified atom stereocenters. The summed E-state index contributed by atoms with van der Waals surface area (Å²) in [5.41, 5.74) is 0. The van der Waals surface area contributed by atoms with Crippen LogP contribution in [0.5, 0.6) is 0 Å². The summed E-state index contributed by atoms with van der Waals surface area (Å²) in [6, 6.07) is 0. The van der Waals surface area contributed by atoms with Crippen LogP contribution in [-0.2, 0) is 14.2 Å². The Kier molecular flexibility index (Phi) is 2.87. The van der Waals surface area contributed by atoms with Crippen molar-refractivity contribution < 1.29 is 14.2 Å². The second-order valence-corrected chi connectivity index (χ2v) is 3.11. The Hall–Kier alpha value is -0.120. The lowest BCUT2D eigenvalue weighted by atomic mass is 10.4. The molecule has 0 aromatic rings. The molecule has 1 aliphatic heterocycles. The fourth-order valence-corrected chi connectivity index (χ4v) is 1.09. The van der Waals surface area contributed by atoms with E-state index in [9.17, 15) is 0 Å². The van der Waals surface area contributed by atoms with Crippen LogP contribution in [0.15, 0.2) is 0 Å². The van der Waals surface area contributed by atoms with Crippen molar-refractivity contribution in [2.75, 3.05) is 19.8 Å². The van der Waals surface area contributed by atoms with Crippen LogP contribution in [0.4, 0.5) is 0 Å². The molecule has 66 valence electrons. The first kappa shape index (κ1) is 8.97. The second-order valence-electron chi connectivity index (χ2n) is 3.11. The van der Waals surface area contributed by atoms with Gasteiger partial charge in [0.05, 0.1) is 13.2 Å². The maximum atomic E-state index is 5.50. The molecule has 11 heavy (non-hydrogen) atoms. The van der Waals surface area contributed by atoms with Gasteiger partial charge in [-0.1, -0.05) is 0 Å². The van der Waals surface area contributed by atoms with E-state index in [-0.39, 0.29) is 6.10 Å². The molecule has 0 saturated carbocycles. The first-order valence-electron chi connectivity index (χ1n) is 4.03. The van der Waals surface area contributed by atoms with Gasteiger partial charge in [0.2, 0.25) is 0 Å². The highest BCUT2D eigenvalue weighted by Gasteiger charge is 2.32. The molecule has 3 heteroatoms. The molecular formula is C8H16O3. The normalized spacial score (nSPS) is 29.2. The van der Waals surface area contributed by atoms with Crippen molar-refractivity contribution in [1.29, 1.82) is 0 Å². The summed E-state index contributed by atoms with van der Waals surface area (Å²) in [4.78, 5) is 0. The van der Waals surface area contributed by atoms with E-state index in [4.69, 9.17) is 14.2 Å². The van der Waals surface area contributed by atoms with Crippen molar-refractivity contribution in [3.05, 3.63) is 0 Å². The Bertz CT molecular complexity index is 123. The lowest BCUT2D eigenvalue weighted by Gasteiger charge is -2.16. The molecule has 1 saturated heterocycles. The minimum Gasteiger partial charge on any atom is -0.379 e. The van der Waals surface area contributed by atoms with E-state index in [1.807, 2.05) is 20.8 Å². The van der Waals surface area contributed by atoms with Gasteiger partial charge in [-0.15, -0.1) is 0 Å². The monoisotopic (exact) mass is 160 g/mol. The molecule has 0 spiro atoms. The van der Waals surface area contributed by atoms with E-state index < -0.39 is 5.79 Å². The summed E-state index contributed by atoms with van der Waals surface area (Å²) in [5, 5.41) is 0. The first-order chi connectivity index (χ1) is 5.14. The Morgan fingerprint density at radius 2 is 2.27 bits per heavy atom. The average molecular weight is 160 g/mol. The third-order valence-corrected chi connectivity index (χ3v) is 1.58.